The third-order valence-corrected chi connectivity index (χ3v) is 2.69. The van der Waals surface area contributed by atoms with Crippen molar-refractivity contribution in [2.75, 3.05) is 5.32 Å². The number of carbonyl (C=O) groups excluding carboxylic acids is 1. The lowest BCUT2D eigenvalue weighted by Crippen LogP contribution is -2.10. The van der Waals surface area contributed by atoms with Crippen LogP contribution in [0.2, 0.25) is 5.02 Å². The lowest BCUT2D eigenvalue weighted by Gasteiger charge is -2.01. The van der Waals surface area contributed by atoms with Gasteiger partial charge in [-0.25, -0.2) is 0 Å². The van der Waals surface area contributed by atoms with E-state index in [1.807, 2.05) is 30.3 Å². The Morgan fingerprint density at radius 2 is 2.00 bits per heavy atom. The number of amides is 1. The number of benzene rings is 1. The number of carbonyl (C=O) groups is 1. The van der Waals surface area contributed by atoms with Gasteiger partial charge in [-0.05, 0) is 0 Å². The van der Waals surface area contributed by atoms with E-state index in [1.165, 1.54) is 6.92 Å². The molecule has 1 aromatic heterocycles. The third-order valence-electron chi connectivity index (χ3n) is 2.33. The van der Waals surface area contributed by atoms with Crippen molar-refractivity contribution in [1.82, 2.24) is 9.78 Å². The zero-order valence-electron chi connectivity index (χ0n) is 9.57. The molecule has 2 rings (SSSR count). The number of nitrogens with one attached hydrogen (secondary N) is 1. The van der Waals surface area contributed by atoms with Gasteiger partial charge in [-0.3, -0.25) is 9.48 Å². The highest BCUT2D eigenvalue weighted by molar-refractivity contribution is 6.36. The normalized spacial score (nSPS) is 10.3. The molecule has 0 radical (unpaired) electrons. The molecule has 1 amide bonds. The molecule has 0 aliphatic heterocycles. The summed E-state index contributed by atoms with van der Waals surface area (Å²) in [6.45, 7) is 1.44. The van der Waals surface area contributed by atoms with Crippen LogP contribution in [0.4, 0.5) is 5.82 Å². The summed E-state index contributed by atoms with van der Waals surface area (Å²) in [5.74, 6) is 0.340. The largest absolute Gasteiger partial charge is 0.310 e. The Labute approximate surface area is 104 Å². The highest BCUT2D eigenvalue weighted by Gasteiger charge is 2.16. The Morgan fingerprint density at radius 3 is 2.59 bits per heavy atom. The minimum atomic E-state index is -0.172. The number of aryl methyl sites for hydroxylation is 1. The van der Waals surface area contributed by atoms with Crippen LogP contribution in [0.3, 0.4) is 0 Å². The van der Waals surface area contributed by atoms with Crippen LogP contribution in [-0.4, -0.2) is 15.7 Å². The number of aromatic nitrogens is 2. The lowest BCUT2D eigenvalue weighted by molar-refractivity contribution is -0.114. The molecule has 0 unspecified atom stereocenters. The Balaban J connectivity index is 2.48. The number of anilines is 1. The van der Waals surface area contributed by atoms with Gasteiger partial charge in [-0.2, -0.15) is 5.10 Å². The van der Waals surface area contributed by atoms with Gasteiger partial charge in [0, 0.05) is 19.5 Å². The standard InChI is InChI=1S/C12H12ClN3O/c1-8(17)14-12-10(13)11(15-16(12)2)9-6-4-3-5-7-9/h3-7H,1-2H3,(H,14,17). The first-order valence-electron chi connectivity index (χ1n) is 5.15. The van der Waals surface area contributed by atoms with Gasteiger partial charge in [0.05, 0.1) is 0 Å². The van der Waals surface area contributed by atoms with Gasteiger partial charge in [-0.1, -0.05) is 41.9 Å². The Morgan fingerprint density at radius 1 is 1.35 bits per heavy atom. The molecular weight excluding hydrogens is 238 g/mol. The smallest absolute Gasteiger partial charge is 0.222 e. The van der Waals surface area contributed by atoms with Crippen LogP contribution in [0.5, 0.6) is 0 Å². The van der Waals surface area contributed by atoms with Gasteiger partial charge in [0.1, 0.15) is 16.5 Å². The minimum Gasteiger partial charge on any atom is -0.310 e. The quantitative estimate of drug-likeness (QED) is 0.890. The molecule has 0 saturated heterocycles. The first-order chi connectivity index (χ1) is 8.09. The molecule has 2 aromatic rings. The molecule has 1 N–H and O–H groups in total. The van der Waals surface area contributed by atoms with Crippen LogP contribution >= 0.6 is 11.6 Å². The number of hydrogen-bond donors (Lipinski definition) is 1. The second kappa shape index (κ2) is 4.59. The van der Waals surface area contributed by atoms with Gasteiger partial charge < -0.3 is 5.32 Å². The summed E-state index contributed by atoms with van der Waals surface area (Å²) in [5.41, 5.74) is 1.59. The predicted molar refractivity (Wildman–Crippen MR) is 68.0 cm³/mol. The van der Waals surface area contributed by atoms with Crippen molar-refractivity contribution in [3.63, 3.8) is 0 Å². The van der Waals surface area contributed by atoms with Gasteiger partial charge in [-0.15, -0.1) is 0 Å². The molecule has 0 saturated carbocycles. The van der Waals surface area contributed by atoms with Gasteiger partial charge in [0.2, 0.25) is 5.91 Å². The molecule has 0 aliphatic carbocycles. The summed E-state index contributed by atoms with van der Waals surface area (Å²) < 4.78 is 1.56. The van der Waals surface area contributed by atoms with E-state index in [1.54, 1.807) is 11.7 Å². The average Bonchev–Trinajstić information content (AvgIpc) is 2.58. The van der Waals surface area contributed by atoms with Crippen molar-refractivity contribution in [3.05, 3.63) is 35.4 Å². The highest BCUT2D eigenvalue weighted by atomic mass is 35.5. The monoisotopic (exact) mass is 249 g/mol. The van der Waals surface area contributed by atoms with Crippen molar-refractivity contribution < 1.29 is 4.79 Å². The van der Waals surface area contributed by atoms with Crippen molar-refractivity contribution in [3.8, 4) is 11.3 Å². The molecule has 88 valence electrons. The number of hydrogen-bond acceptors (Lipinski definition) is 2. The van der Waals surface area contributed by atoms with E-state index < -0.39 is 0 Å². The van der Waals surface area contributed by atoms with Crippen LogP contribution in [0.15, 0.2) is 30.3 Å². The first kappa shape index (κ1) is 11.7. The first-order valence-corrected chi connectivity index (χ1v) is 5.53. The summed E-state index contributed by atoms with van der Waals surface area (Å²) in [6, 6.07) is 9.60. The Kier molecular flexibility index (Phi) is 3.15. The zero-order valence-corrected chi connectivity index (χ0v) is 10.3. The van der Waals surface area contributed by atoms with Crippen molar-refractivity contribution in [2.45, 2.75) is 6.92 Å². The molecule has 4 nitrogen and oxygen atoms in total. The minimum absolute atomic E-state index is 0.172. The molecular formula is C12H12ClN3O. The van der Waals surface area contributed by atoms with E-state index >= 15 is 0 Å². The summed E-state index contributed by atoms with van der Waals surface area (Å²) >= 11 is 6.21. The fourth-order valence-corrected chi connectivity index (χ4v) is 1.90. The molecule has 0 bridgehead atoms. The summed E-state index contributed by atoms with van der Waals surface area (Å²) in [7, 11) is 1.74. The molecule has 5 heteroatoms. The summed E-state index contributed by atoms with van der Waals surface area (Å²) in [6.07, 6.45) is 0. The van der Waals surface area contributed by atoms with Crippen molar-refractivity contribution in [2.24, 2.45) is 7.05 Å². The lowest BCUT2D eigenvalue weighted by atomic mass is 10.1. The second-order valence-electron chi connectivity index (χ2n) is 3.68. The highest BCUT2D eigenvalue weighted by Crippen LogP contribution is 2.32. The maximum absolute atomic E-state index is 11.1. The summed E-state index contributed by atoms with van der Waals surface area (Å²) in [5, 5.41) is 7.42. The van der Waals surface area contributed by atoms with Gasteiger partial charge in [0.15, 0.2) is 0 Å². The number of halogens is 1. The summed E-state index contributed by atoms with van der Waals surface area (Å²) in [4.78, 5) is 11.1. The van der Waals surface area contributed by atoms with Crippen molar-refractivity contribution >= 4 is 23.3 Å². The average molecular weight is 250 g/mol. The molecule has 0 spiro atoms. The van der Waals surface area contributed by atoms with Gasteiger partial charge in [0.25, 0.3) is 0 Å². The second-order valence-corrected chi connectivity index (χ2v) is 4.06. The number of nitrogens with zero attached hydrogens (tertiary/aromatic N) is 2. The molecule has 1 aromatic carbocycles. The molecule has 0 atom stereocenters. The van der Waals surface area contributed by atoms with Crippen LogP contribution in [0.25, 0.3) is 11.3 Å². The fraction of sp³-hybridized carbons (Fsp3) is 0.167. The maximum atomic E-state index is 11.1. The van der Waals surface area contributed by atoms with Crippen LogP contribution in [-0.2, 0) is 11.8 Å². The van der Waals surface area contributed by atoms with Gasteiger partial charge >= 0.3 is 0 Å². The van der Waals surface area contributed by atoms with E-state index in [9.17, 15) is 4.79 Å². The molecule has 1 heterocycles. The SMILES string of the molecule is CC(=O)Nc1c(Cl)c(-c2ccccc2)nn1C. The van der Waals surface area contributed by atoms with E-state index in [4.69, 9.17) is 11.6 Å². The van der Waals surface area contributed by atoms with Crippen LogP contribution < -0.4 is 5.32 Å². The van der Waals surface area contributed by atoms with Crippen LogP contribution in [0, 0.1) is 0 Å². The molecule has 0 fully saturated rings. The van der Waals surface area contributed by atoms with E-state index in [0.717, 1.165) is 5.56 Å². The predicted octanol–water partition coefficient (Wildman–Crippen LogP) is 2.70. The molecule has 0 aliphatic rings. The third kappa shape index (κ3) is 2.31. The van der Waals surface area contributed by atoms with Crippen molar-refractivity contribution in [1.29, 1.82) is 0 Å². The zero-order chi connectivity index (χ0) is 12.4. The number of rotatable bonds is 2. The Hall–Kier alpha value is -1.81. The topological polar surface area (TPSA) is 46.9 Å². The molecule has 17 heavy (non-hydrogen) atoms. The maximum Gasteiger partial charge on any atom is 0.222 e. The van der Waals surface area contributed by atoms with E-state index in [2.05, 4.69) is 10.4 Å². The van der Waals surface area contributed by atoms with Crippen LogP contribution in [0.1, 0.15) is 6.92 Å². The van der Waals surface area contributed by atoms with E-state index in [0.29, 0.717) is 16.5 Å². The van der Waals surface area contributed by atoms with E-state index in [-0.39, 0.29) is 5.91 Å². The fourth-order valence-electron chi connectivity index (χ4n) is 1.58. The Bertz CT molecular complexity index is 548.